The lowest BCUT2D eigenvalue weighted by Crippen LogP contribution is -2.60. The predicted octanol–water partition coefficient (Wildman–Crippen LogP) is 5.80. The molecule has 3 fully saturated rings. The molecular weight excluding hydrogens is 457 g/mol. The molecule has 35 heavy (non-hydrogen) atoms. The summed E-state index contributed by atoms with van der Waals surface area (Å²) in [5, 5.41) is 3.04. The maximum atomic E-state index is 12.8. The molecule has 8 heteroatoms. The van der Waals surface area contributed by atoms with Crippen LogP contribution in [0.1, 0.15) is 57.9 Å². The molecule has 0 spiro atoms. The quantitative estimate of drug-likeness (QED) is 0.570. The Labute approximate surface area is 204 Å². The van der Waals surface area contributed by atoms with Crippen LogP contribution in [0, 0.1) is 28.6 Å². The number of nitrogens with zero attached hydrogens (tertiary/aromatic N) is 1. The fourth-order valence-corrected chi connectivity index (χ4v) is 7.97. The topological polar surface area (TPSA) is 58.6 Å². The number of amides is 2. The summed E-state index contributed by atoms with van der Waals surface area (Å²) >= 11 is 0. The van der Waals surface area contributed by atoms with E-state index >= 15 is 0 Å². The van der Waals surface area contributed by atoms with Gasteiger partial charge in [-0.3, -0.25) is 4.79 Å². The molecule has 1 aromatic carbocycles. The average molecular weight is 491 g/mol. The molecule has 3 saturated carbocycles. The van der Waals surface area contributed by atoms with Gasteiger partial charge in [0.05, 0.1) is 5.56 Å². The normalized spacial score (nSPS) is 38.4. The molecule has 5 nitrogen and oxygen atoms in total. The Morgan fingerprint density at radius 1 is 1.06 bits per heavy atom. The van der Waals surface area contributed by atoms with Crippen LogP contribution >= 0.6 is 0 Å². The number of alkyl halides is 3. The average Bonchev–Trinajstić information content (AvgIpc) is 3.12. The molecule has 0 unspecified atom stereocenters. The first kappa shape index (κ1) is 24.2. The summed E-state index contributed by atoms with van der Waals surface area (Å²) in [6.07, 6.45) is 4.84. The lowest BCUT2D eigenvalue weighted by molar-refractivity contribution is -0.138. The molecule has 1 aliphatic heterocycles. The van der Waals surface area contributed by atoms with Crippen LogP contribution in [0.3, 0.4) is 0 Å². The van der Waals surface area contributed by atoms with Crippen LogP contribution in [-0.2, 0) is 11.0 Å². The monoisotopic (exact) mass is 490 g/mol. The first-order valence-corrected chi connectivity index (χ1v) is 12.5. The Balaban J connectivity index is 1.27. The highest BCUT2D eigenvalue weighted by atomic mass is 19.4. The van der Waals surface area contributed by atoms with Crippen molar-refractivity contribution in [3.05, 3.63) is 42.0 Å². The summed E-state index contributed by atoms with van der Waals surface area (Å²) in [6, 6.07) is 4.37. The van der Waals surface area contributed by atoms with E-state index in [1.807, 2.05) is 11.9 Å². The van der Waals surface area contributed by atoms with Crippen molar-refractivity contribution < 1.29 is 27.5 Å². The number of fused-ring (bicyclic) bond motifs is 5. The van der Waals surface area contributed by atoms with Crippen LogP contribution < -0.4 is 10.1 Å². The molecular formula is C27H33F3N2O3. The number of nitrogens with one attached hydrogen (secondary N) is 1. The van der Waals surface area contributed by atoms with Crippen molar-refractivity contribution in [1.29, 1.82) is 0 Å². The van der Waals surface area contributed by atoms with Crippen LogP contribution in [0.25, 0.3) is 0 Å². The maximum Gasteiger partial charge on any atom is 0.416 e. The van der Waals surface area contributed by atoms with Crippen LogP contribution in [0.4, 0.5) is 18.0 Å². The molecule has 0 bridgehead atoms. The Morgan fingerprint density at radius 3 is 2.46 bits per heavy atom. The second-order valence-electron chi connectivity index (χ2n) is 11.3. The van der Waals surface area contributed by atoms with Gasteiger partial charge in [-0.15, -0.1) is 0 Å². The van der Waals surface area contributed by atoms with E-state index in [1.54, 1.807) is 6.08 Å². The highest BCUT2D eigenvalue weighted by Gasteiger charge is 2.60. The minimum atomic E-state index is -4.43. The van der Waals surface area contributed by atoms with Gasteiger partial charge in [0.1, 0.15) is 5.75 Å². The Bertz CT molecular complexity index is 1040. The van der Waals surface area contributed by atoms with Gasteiger partial charge in [0.15, 0.2) is 0 Å². The molecule has 0 aromatic heterocycles. The summed E-state index contributed by atoms with van der Waals surface area (Å²) in [5.74, 6) is 1.70. The van der Waals surface area contributed by atoms with Crippen LogP contribution in [-0.4, -0.2) is 36.0 Å². The van der Waals surface area contributed by atoms with Gasteiger partial charge in [-0.25, -0.2) is 4.79 Å². The van der Waals surface area contributed by atoms with Gasteiger partial charge in [0.2, 0.25) is 5.91 Å². The molecule has 1 aromatic rings. The molecule has 5 rings (SSSR count). The second kappa shape index (κ2) is 8.27. The molecule has 2 amide bonds. The Kier molecular flexibility index (Phi) is 5.72. The minimum absolute atomic E-state index is 0.0278. The van der Waals surface area contributed by atoms with Gasteiger partial charge in [-0.2, -0.15) is 13.2 Å². The standard InChI is InChI=1S/C27H33F3N2O3/c1-25-14-12-20-18(8-11-22-26(20,2)15-13-23(33)32(22)3)19(25)9-10-21(25)31-24(34)35-17-6-4-16(5-7-17)27(28,29)30/h4-7,13,15,18-22H,8-12,14H2,1-3H3,(H,31,34)/t18-,19-,20-,21-,22+,25-,26+/m0/s1. The smallest absolute Gasteiger partial charge is 0.410 e. The van der Waals surface area contributed by atoms with Gasteiger partial charge in [0, 0.05) is 24.5 Å². The van der Waals surface area contributed by atoms with Gasteiger partial charge in [0.25, 0.3) is 0 Å². The number of carbonyl (C=O) groups excluding carboxylic acids is 2. The minimum Gasteiger partial charge on any atom is -0.410 e. The maximum absolute atomic E-state index is 12.8. The van der Waals surface area contributed by atoms with Crippen molar-refractivity contribution in [2.24, 2.45) is 28.6 Å². The Hall–Kier alpha value is -2.51. The number of likely N-dealkylation sites (N-methyl/N-ethyl adjacent to an activating group) is 1. The zero-order valence-corrected chi connectivity index (χ0v) is 20.4. The lowest BCUT2D eigenvalue weighted by Gasteiger charge is -2.60. The molecule has 1 N–H and O–H groups in total. The SMILES string of the molecule is CN1C(=O)C=C[C@]2(C)[C@H]3CC[C@]4(C)[C@@H](NC(=O)Oc5ccc(C(F)(F)F)cc5)CC[C@H]4[C@@H]3CC[C@@H]12. The van der Waals surface area contributed by atoms with Gasteiger partial charge in [-0.1, -0.05) is 19.9 Å². The molecule has 1 heterocycles. The highest BCUT2D eigenvalue weighted by Crippen LogP contribution is 2.63. The van der Waals surface area contributed by atoms with E-state index in [0.29, 0.717) is 17.8 Å². The van der Waals surface area contributed by atoms with Crippen molar-refractivity contribution in [3.8, 4) is 5.75 Å². The fourth-order valence-electron chi connectivity index (χ4n) is 7.97. The number of ether oxygens (including phenoxy) is 1. The molecule has 4 aliphatic rings. The number of hydrogen-bond donors (Lipinski definition) is 1. The van der Waals surface area contributed by atoms with Crippen LogP contribution in [0.5, 0.6) is 5.75 Å². The second-order valence-corrected chi connectivity index (χ2v) is 11.3. The summed E-state index contributed by atoms with van der Waals surface area (Å²) in [4.78, 5) is 26.8. The number of benzene rings is 1. The molecule has 7 atom stereocenters. The van der Waals surface area contributed by atoms with E-state index in [-0.39, 0.29) is 34.6 Å². The van der Waals surface area contributed by atoms with Crippen LogP contribution in [0.2, 0.25) is 0 Å². The predicted molar refractivity (Wildman–Crippen MR) is 124 cm³/mol. The van der Waals surface area contributed by atoms with E-state index in [0.717, 1.165) is 50.7 Å². The van der Waals surface area contributed by atoms with Crippen molar-refractivity contribution in [3.63, 3.8) is 0 Å². The van der Waals surface area contributed by atoms with Gasteiger partial charge < -0.3 is 15.0 Å². The van der Waals surface area contributed by atoms with Crippen molar-refractivity contribution in [2.75, 3.05) is 7.05 Å². The van der Waals surface area contributed by atoms with E-state index in [9.17, 15) is 22.8 Å². The third-order valence-electron chi connectivity index (χ3n) is 9.81. The summed E-state index contributed by atoms with van der Waals surface area (Å²) < 4.78 is 43.7. The van der Waals surface area contributed by atoms with E-state index in [1.165, 1.54) is 12.1 Å². The third-order valence-corrected chi connectivity index (χ3v) is 9.81. The summed E-state index contributed by atoms with van der Waals surface area (Å²) in [7, 11) is 1.92. The largest absolute Gasteiger partial charge is 0.416 e. The molecule has 190 valence electrons. The fraction of sp³-hybridized carbons (Fsp3) is 0.630. The lowest BCUT2D eigenvalue weighted by atomic mass is 9.48. The van der Waals surface area contributed by atoms with Crippen molar-refractivity contribution in [1.82, 2.24) is 10.2 Å². The molecule has 0 radical (unpaired) electrons. The third kappa shape index (κ3) is 3.93. The van der Waals surface area contributed by atoms with E-state index < -0.39 is 17.8 Å². The zero-order chi connectivity index (χ0) is 25.2. The van der Waals surface area contributed by atoms with E-state index in [4.69, 9.17) is 4.74 Å². The first-order chi connectivity index (χ1) is 16.4. The zero-order valence-electron chi connectivity index (χ0n) is 20.4. The van der Waals surface area contributed by atoms with Crippen molar-refractivity contribution >= 4 is 12.0 Å². The van der Waals surface area contributed by atoms with Crippen molar-refractivity contribution in [2.45, 2.75) is 70.6 Å². The van der Waals surface area contributed by atoms with Crippen LogP contribution in [0.15, 0.2) is 36.4 Å². The summed E-state index contributed by atoms with van der Waals surface area (Å²) in [5.41, 5.74) is -0.858. The van der Waals surface area contributed by atoms with E-state index in [2.05, 4.69) is 25.2 Å². The first-order valence-electron chi connectivity index (χ1n) is 12.5. The van der Waals surface area contributed by atoms with Gasteiger partial charge in [-0.05, 0) is 92.0 Å². The van der Waals surface area contributed by atoms with Gasteiger partial charge >= 0.3 is 12.3 Å². The number of rotatable bonds is 2. The molecule has 0 saturated heterocycles. The number of carbonyl (C=O) groups is 2. The summed E-state index contributed by atoms with van der Waals surface area (Å²) in [6.45, 7) is 4.58. The number of halogens is 3. The highest BCUT2D eigenvalue weighted by molar-refractivity contribution is 5.89. The molecule has 3 aliphatic carbocycles. The number of hydrogen-bond acceptors (Lipinski definition) is 3. The Morgan fingerprint density at radius 2 is 1.77 bits per heavy atom.